The van der Waals surface area contributed by atoms with Crippen LogP contribution < -0.4 is 4.57 Å². The molecule has 0 saturated carbocycles. The van der Waals surface area contributed by atoms with Crippen LogP contribution in [0.3, 0.4) is 0 Å². The summed E-state index contributed by atoms with van der Waals surface area (Å²) in [6.07, 6.45) is 28.2. The second-order valence-corrected chi connectivity index (χ2v) is 9.18. The van der Waals surface area contributed by atoms with Gasteiger partial charge in [0.1, 0.15) is 12.4 Å². The van der Waals surface area contributed by atoms with Crippen molar-refractivity contribution < 1.29 is 4.57 Å². The van der Waals surface area contributed by atoms with Gasteiger partial charge in [0.15, 0.2) is 0 Å². The number of nitrogens with zero attached hydrogens (tertiary/aromatic N) is 1. The van der Waals surface area contributed by atoms with Gasteiger partial charge in [-0.05, 0) is 26.2 Å². The van der Waals surface area contributed by atoms with Gasteiger partial charge in [0.05, 0.1) is 12.0 Å². The van der Waals surface area contributed by atoms with Crippen molar-refractivity contribution in [1.29, 1.82) is 0 Å². The van der Waals surface area contributed by atoms with E-state index in [-0.39, 0.29) is 0 Å². The van der Waals surface area contributed by atoms with Crippen LogP contribution in [0.1, 0.15) is 155 Å². The molecular weight excluding hydrogens is 340 g/mol. The van der Waals surface area contributed by atoms with Crippen LogP contribution in [0.25, 0.3) is 0 Å². The number of imidazole rings is 1. The number of rotatable bonds is 19. The molecule has 1 N–H and O–H groups in total. The second-order valence-electron chi connectivity index (χ2n) is 9.18. The quantitative estimate of drug-likeness (QED) is 0.180. The Morgan fingerprint density at radius 1 is 0.679 bits per heavy atom. The van der Waals surface area contributed by atoms with E-state index in [4.69, 9.17) is 0 Å². The number of hydrogen-bond acceptors (Lipinski definition) is 0. The van der Waals surface area contributed by atoms with E-state index in [9.17, 15) is 0 Å². The maximum absolute atomic E-state index is 3.55. The van der Waals surface area contributed by atoms with Crippen LogP contribution in [-0.2, 0) is 0 Å². The molecule has 0 bridgehead atoms. The molecule has 0 aliphatic heterocycles. The molecule has 28 heavy (non-hydrogen) atoms. The Morgan fingerprint density at radius 3 is 1.68 bits per heavy atom. The zero-order chi connectivity index (χ0) is 20.5. The lowest BCUT2D eigenvalue weighted by molar-refractivity contribution is -0.727. The summed E-state index contributed by atoms with van der Waals surface area (Å²) in [4.78, 5) is 3.55. The average molecular weight is 392 g/mol. The Morgan fingerprint density at radius 2 is 1.14 bits per heavy atom. The van der Waals surface area contributed by atoms with Gasteiger partial charge in [-0.1, -0.05) is 111 Å². The van der Waals surface area contributed by atoms with E-state index in [0.29, 0.717) is 12.0 Å². The summed E-state index contributed by atoms with van der Waals surface area (Å²) in [6, 6.07) is 0.623. The first-order chi connectivity index (χ1) is 13.7. The van der Waals surface area contributed by atoms with Crippen LogP contribution in [-0.4, -0.2) is 4.98 Å². The first kappa shape index (κ1) is 25.2. The molecule has 2 heteroatoms. The topological polar surface area (TPSA) is 19.7 Å². The molecule has 0 aromatic carbocycles. The monoisotopic (exact) mass is 391 g/mol. The summed E-state index contributed by atoms with van der Waals surface area (Å²) in [6.45, 7) is 9.39. The molecule has 1 aromatic heterocycles. The number of H-pyrrole nitrogens is 1. The Bertz CT molecular complexity index is 451. The minimum atomic E-state index is 0.623. The number of aromatic nitrogens is 2. The summed E-state index contributed by atoms with van der Waals surface area (Å²) in [5.41, 5.74) is 0. The Hall–Kier alpha value is -0.790. The van der Waals surface area contributed by atoms with Crippen LogP contribution in [0.2, 0.25) is 0 Å². The molecule has 0 radical (unpaired) electrons. The minimum Gasteiger partial charge on any atom is -0.247 e. The first-order valence-corrected chi connectivity index (χ1v) is 12.8. The van der Waals surface area contributed by atoms with E-state index in [2.05, 4.69) is 49.6 Å². The van der Waals surface area contributed by atoms with E-state index >= 15 is 0 Å². The van der Waals surface area contributed by atoms with Crippen molar-refractivity contribution in [1.82, 2.24) is 4.98 Å². The smallest absolute Gasteiger partial charge is 0.247 e. The molecule has 1 heterocycles. The predicted molar refractivity (Wildman–Crippen MR) is 124 cm³/mol. The molecule has 0 spiro atoms. The van der Waals surface area contributed by atoms with Gasteiger partial charge < -0.3 is 0 Å². The fourth-order valence-corrected chi connectivity index (χ4v) is 4.40. The molecule has 2 atom stereocenters. The van der Waals surface area contributed by atoms with E-state index in [1.165, 1.54) is 115 Å². The third kappa shape index (κ3) is 11.3. The molecule has 0 aliphatic rings. The SMILES string of the molecule is CCCCCCCCCCCC(C)[n+]1cc[nH]c1C(C)CCCCCCCC. The molecule has 0 amide bonds. The van der Waals surface area contributed by atoms with Crippen LogP contribution in [0.15, 0.2) is 12.4 Å². The number of hydrogen-bond donors (Lipinski definition) is 1. The van der Waals surface area contributed by atoms with E-state index in [0.717, 1.165) is 0 Å². The average Bonchev–Trinajstić information content (AvgIpc) is 3.19. The number of nitrogens with one attached hydrogen (secondary N) is 1. The van der Waals surface area contributed by atoms with Gasteiger partial charge in [-0.2, -0.15) is 0 Å². The predicted octanol–water partition coefficient (Wildman–Crippen LogP) is 8.64. The van der Waals surface area contributed by atoms with Crippen LogP contribution in [0, 0.1) is 0 Å². The molecule has 0 saturated heterocycles. The highest BCUT2D eigenvalue weighted by molar-refractivity contribution is 4.87. The van der Waals surface area contributed by atoms with Crippen LogP contribution >= 0.6 is 0 Å². The summed E-state index contributed by atoms with van der Waals surface area (Å²) in [5.74, 6) is 2.09. The highest BCUT2D eigenvalue weighted by atomic mass is 15.1. The highest BCUT2D eigenvalue weighted by Gasteiger charge is 2.21. The Labute approximate surface area is 176 Å². The van der Waals surface area contributed by atoms with Crippen LogP contribution in [0.4, 0.5) is 0 Å². The third-order valence-corrected chi connectivity index (χ3v) is 6.40. The van der Waals surface area contributed by atoms with Crippen molar-refractivity contribution in [2.75, 3.05) is 0 Å². The van der Waals surface area contributed by atoms with Gasteiger partial charge in [-0.3, -0.25) is 0 Å². The number of unbranched alkanes of at least 4 members (excludes halogenated alkanes) is 13. The van der Waals surface area contributed by atoms with E-state index < -0.39 is 0 Å². The highest BCUT2D eigenvalue weighted by Crippen LogP contribution is 2.21. The van der Waals surface area contributed by atoms with Gasteiger partial charge in [-0.15, -0.1) is 0 Å². The molecule has 2 nitrogen and oxygen atoms in total. The molecule has 0 fully saturated rings. The standard InChI is InChI=1S/C26H50N2/c1-5-7-9-11-13-14-15-17-19-21-25(4)28-23-22-27-26(28)24(3)20-18-16-12-10-8-6-2/h22-25H,5-21H2,1-4H3/p+1. The summed E-state index contributed by atoms with van der Waals surface area (Å²) < 4.78 is 2.52. The van der Waals surface area contributed by atoms with Gasteiger partial charge >= 0.3 is 0 Å². The van der Waals surface area contributed by atoms with Crippen molar-refractivity contribution in [3.05, 3.63) is 18.2 Å². The molecule has 1 rings (SSSR count). The molecule has 164 valence electrons. The van der Waals surface area contributed by atoms with Crippen molar-refractivity contribution in [3.8, 4) is 0 Å². The lowest BCUT2D eigenvalue weighted by atomic mass is 10.0. The van der Waals surface area contributed by atoms with E-state index in [1.807, 2.05) is 0 Å². The second kappa shape index (κ2) is 17.1. The van der Waals surface area contributed by atoms with Gasteiger partial charge in [0.25, 0.3) is 5.82 Å². The molecular formula is C26H51N2+. The summed E-state index contributed by atoms with van der Waals surface area (Å²) in [5, 5.41) is 0. The largest absolute Gasteiger partial charge is 0.257 e. The zero-order valence-corrected chi connectivity index (χ0v) is 19.8. The fraction of sp³-hybridized carbons (Fsp3) is 0.885. The lowest BCUT2D eigenvalue weighted by Crippen LogP contribution is -2.40. The number of aromatic amines is 1. The summed E-state index contributed by atoms with van der Waals surface area (Å²) in [7, 11) is 0. The van der Waals surface area contributed by atoms with Gasteiger partial charge in [0.2, 0.25) is 0 Å². The van der Waals surface area contributed by atoms with E-state index in [1.54, 1.807) is 0 Å². The Kier molecular flexibility index (Phi) is 15.4. The van der Waals surface area contributed by atoms with Gasteiger partial charge in [0, 0.05) is 0 Å². The van der Waals surface area contributed by atoms with Crippen molar-refractivity contribution >= 4 is 0 Å². The third-order valence-electron chi connectivity index (χ3n) is 6.40. The normalized spacial score (nSPS) is 13.7. The Balaban J connectivity index is 2.18. The van der Waals surface area contributed by atoms with Crippen molar-refractivity contribution in [2.45, 2.75) is 149 Å². The maximum atomic E-state index is 3.55. The first-order valence-electron chi connectivity index (χ1n) is 12.8. The van der Waals surface area contributed by atoms with Crippen LogP contribution in [0.5, 0.6) is 0 Å². The lowest BCUT2D eigenvalue weighted by Gasteiger charge is -2.14. The fourth-order valence-electron chi connectivity index (χ4n) is 4.40. The molecule has 2 unspecified atom stereocenters. The van der Waals surface area contributed by atoms with Crippen molar-refractivity contribution in [3.63, 3.8) is 0 Å². The summed E-state index contributed by atoms with van der Waals surface area (Å²) >= 11 is 0. The maximum Gasteiger partial charge on any atom is 0.257 e. The van der Waals surface area contributed by atoms with Gasteiger partial charge in [-0.25, -0.2) is 9.55 Å². The van der Waals surface area contributed by atoms with Crippen molar-refractivity contribution in [2.24, 2.45) is 0 Å². The zero-order valence-electron chi connectivity index (χ0n) is 19.8. The molecule has 1 aromatic rings. The molecule has 0 aliphatic carbocycles. The minimum absolute atomic E-state index is 0.623.